The topological polar surface area (TPSA) is 96.4 Å². The molecule has 1 rings (SSSR count). The molecule has 0 radical (unpaired) electrons. The van der Waals surface area contributed by atoms with E-state index in [1.807, 2.05) is 0 Å². The van der Waals surface area contributed by atoms with E-state index >= 15 is 0 Å². The summed E-state index contributed by atoms with van der Waals surface area (Å²) in [7, 11) is 0. The predicted molar refractivity (Wildman–Crippen MR) is 49.1 cm³/mol. The zero-order valence-electron chi connectivity index (χ0n) is 8.01. The number of hydrogen-bond donors (Lipinski definition) is 3. The van der Waals surface area contributed by atoms with Crippen LogP contribution >= 0.6 is 0 Å². The summed E-state index contributed by atoms with van der Waals surface area (Å²) in [5.41, 5.74) is 5.17. The Morgan fingerprint density at radius 3 is 2.67 bits per heavy atom. The predicted octanol–water partition coefficient (Wildman–Crippen LogP) is -0.591. The van der Waals surface area contributed by atoms with Gasteiger partial charge in [-0.2, -0.15) is 0 Å². The summed E-state index contributed by atoms with van der Waals surface area (Å²) in [6.07, 6.45) is -2.40. The highest BCUT2D eigenvalue weighted by atomic mass is 19.1. The molecule has 4 N–H and O–H groups in total. The molecule has 2 atom stereocenters. The number of rotatable bonds is 3. The second-order valence-corrected chi connectivity index (χ2v) is 3.15. The van der Waals surface area contributed by atoms with Gasteiger partial charge in [-0.3, -0.25) is 9.78 Å². The number of nitrogens with two attached hydrogens (primary N) is 1. The molecule has 0 fully saturated rings. The monoisotopic (exact) mass is 214 g/mol. The first-order chi connectivity index (χ1) is 6.93. The van der Waals surface area contributed by atoms with Crippen molar-refractivity contribution in [2.45, 2.75) is 19.1 Å². The van der Waals surface area contributed by atoms with Gasteiger partial charge in [0.2, 0.25) is 5.91 Å². The summed E-state index contributed by atoms with van der Waals surface area (Å²) in [6, 6.07) is 1.14. The average Bonchev–Trinajstić information content (AvgIpc) is 2.15. The zero-order valence-corrected chi connectivity index (χ0v) is 8.01. The lowest BCUT2D eigenvalue weighted by Crippen LogP contribution is -2.34. The van der Waals surface area contributed by atoms with E-state index in [9.17, 15) is 19.4 Å². The van der Waals surface area contributed by atoms with E-state index in [0.717, 1.165) is 12.3 Å². The van der Waals surface area contributed by atoms with E-state index in [2.05, 4.69) is 4.98 Å². The third-order valence-corrected chi connectivity index (χ3v) is 1.96. The van der Waals surface area contributed by atoms with Crippen molar-refractivity contribution in [2.24, 2.45) is 5.73 Å². The van der Waals surface area contributed by atoms with Crippen LogP contribution in [-0.2, 0) is 4.79 Å². The van der Waals surface area contributed by atoms with Crippen LogP contribution in [0.4, 0.5) is 4.39 Å². The largest absolute Gasteiger partial charge is 0.383 e. The number of pyridine rings is 1. The van der Waals surface area contributed by atoms with Gasteiger partial charge < -0.3 is 15.9 Å². The number of carbonyl (C=O) groups excluding carboxylic acids is 1. The van der Waals surface area contributed by atoms with Gasteiger partial charge in [-0.15, -0.1) is 0 Å². The van der Waals surface area contributed by atoms with Crippen LogP contribution in [0.25, 0.3) is 0 Å². The van der Waals surface area contributed by atoms with E-state index in [-0.39, 0.29) is 5.69 Å². The van der Waals surface area contributed by atoms with E-state index in [1.54, 1.807) is 0 Å². The maximum atomic E-state index is 12.7. The van der Waals surface area contributed by atoms with Gasteiger partial charge in [0.15, 0.2) is 6.10 Å². The minimum atomic E-state index is -1.75. The Morgan fingerprint density at radius 2 is 2.20 bits per heavy atom. The number of nitrogens with zero attached hydrogens (tertiary/aromatic N) is 1. The number of primary amides is 1. The van der Waals surface area contributed by atoms with Crippen molar-refractivity contribution < 1.29 is 19.4 Å². The Kier molecular flexibility index (Phi) is 3.33. The van der Waals surface area contributed by atoms with E-state index in [4.69, 9.17) is 5.73 Å². The van der Waals surface area contributed by atoms with Crippen molar-refractivity contribution in [3.05, 3.63) is 29.3 Å². The van der Waals surface area contributed by atoms with Crippen LogP contribution in [0.5, 0.6) is 0 Å². The molecule has 15 heavy (non-hydrogen) atoms. The fourth-order valence-electron chi connectivity index (χ4n) is 1.17. The number of aliphatic hydroxyl groups is 2. The molecule has 0 aliphatic rings. The van der Waals surface area contributed by atoms with E-state index in [0.29, 0.717) is 5.56 Å². The van der Waals surface area contributed by atoms with Crippen molar-refractivity contribution in [1.29, 1.82) is 0 Å². The van der Waals surface area contributed by atoms with Gasteiger partial charge >= 0.3 is 0 Å². The third-order valence-electron chi connectivity index (χ3n) is 1.96. The van der Waals surface area contributed by atoms with Crippen LogP contribution in [0, 0.1) is 12.7 Å². The third kappa shape index (κ3) is 2.48. The van der Waals surface area contributed by atoms with Crippen molar-refractivity contribution >= 4 is 5.91 Å². The standard InChI is InChI=1S/C9H11FN2O3/c1-4-2-5(10)3-12-6(4)7(13)8(14)9(11)15/h2-3,7-8,13-14H,1H3,(H2,11,15). The van der Waals surface area contributed by atoms with E-state index in [1.165, 1.54) is 6.92 Å². The summed E-state index contributed by atoms with van der Waals surface area (Å²) < 4.78 is 12.7. The van der Waals surface area contributed by atoms with Crippen molar-refractivity contribution in [3.63, 3.8) is 0 Å². The second kappa shape index (κ2) is 4.33. The first-order valence-corrected chi connectivity index (χ1v) is 4.21. The molecule has 0 bridgehead atoms. The maximum Gasteiger partial charge on any atom is 0.249 e. The molecule has 0 spiro atoms. The molecule has 0 aliphatic heterocycles. The van der Waals surface area contributed by atoms with Crippen LogP contribution in [-0.4, -0.2) is 27.2 Å². The molecule has 5 nitrogen and oxygen atoms in total. The minimum absolute atomic E-state index is 0.0303. The molecule has 0 aromatic carbocycles. The number of halogens is 1. The number of amides is 1. The Bertz CT molecular complexity index is 384. The molecule has 0 aliphatic carbocycles. The second-order valence-electron chi connectivity index (χ2n) is 3.15. The highest BCUT2D eigenvalue weighted by Crippen LogP contribution is 2.18. The molecule has 1 heterocycles. The van der Waals surface area contributed by atoms with Crippen molar-refractivity contribution in [3.8, 4) is 0 Å². The lowest BCUT2D eigenvalue weighted by Gasteiger charge is -2.15. The fourth-order valence-corrected chi connectivity index (χ4v) is 1.17. The molecule has 82 valence electrons. The summed E-state index contributed by atoms with van der Waals surface area (Å²) in [5, 5.41) is 18.7. The minimum Gasteiger partial charge on any atom is -0.383 e. The summed E-state index contributed by atoms with van der Waals surface area (Å²) in [4.78, 5) is 14.2. The van der Waals surface area contributed by atoms with Crippen molar-refractivity contribution in [2.75, 3.05) is 0 Å². The van der Waals surface area contributed by atoms with E-state index < -0.39 is 23.9 Å². The van der Waals surface area contributed by atoms with Gasteiger partial charge in [0.1, 0.15) is 11.9 Å². The Morgan fingerprint density at radius 1 is 1.60 bits per heavy atom. The van der Waals surface area contributed by atoms with Gasteiger partial charge in [0.25, 0.3) is 0 Å². The number of aryl methyl sites for hydroxylation is 1. The number of hydrogen-bond acceptors (Lipinski definition) is 4. The molecule has 6 heteroatoms. The summed E-state index contributed by atoms with van der Waals surface area (Å²) in [6.45, 7) is 1.50. The van der Waals surface area contributed by atoms with Crippen molar-refractivity contribution in [1.82, 2.24) is 4.98 Å². The maximum absolute atomic E-state index is 12.7. The number of aromatic nitrogens is 1. The molecule has 1 aromatic rings. The number of carbonyl (C=O) groups is 1. The van der Waals surface area contributed by atoms with Crippen LogP contribution in [0.2, 0.25) is 0 Å². The van der Waals surface area contributed by atoms with Crippen LogP contribution < -0.4 is 5.73 Å². The quantitative estimate of drug-likeness (QED) is 0.626. The molecule has 0 saturated carbocycles. The molecule has 1 aromatic heterocycles. The Balaban J connectivity index is 3.01. The van der Waals surface area contributed by atoms with Gasteiger partial charge in [0.05, 0.1) is 11.9 Å². The Labute approximate surface area is 85.4 Å². The first kappa shape index (κ1) is 11.5. The average molecular weight is 214 g/mol. The lowest BCUT2D eigenvalue weighted by atomic mass is 10.1. The highest BCUT2D eigenvalue weighted by Gasteiger charge is 2.25. The molecule has 0 saturated heterocycles. The van der Waals surface area contributed by atoms with Gasteiger partial charge in [-0.25, -0.2) is 4.39 Å². The van der Waals surface area contributed by atoms with Gasteiger partial charge in [-0.05, 0) is 18.6 Å². The molecule has 2 unspecified atom stereocenters. The molecule has 1 amide bonds. The van der Waals surface area contributed by atoms with Crippen LogP contribution in [0.15, 0.2) is 12.3 Å². The fraction of sp³-hybridized carbons (Fsp3) is 0.333. The molecular weight excluding hydrogens is 203 g/mol. The Hall–Kier alpha value is -1.53. The number of aliphatic hydroxyl groups excluding tert-OH is 2. The first-order valence-electron chi connectivity index (χ1n) is 4.21. The SMILES string of the molecule is Cc1cc(F)cnc1C(O)C(O)C(N)=O. The zero-order chi connectivity index (χ0) is 11.6. The van der Waals surface area contributed by atoms with Crippen LogP contribution in [0.3, 0.4) is 0 Å². The van der Waals surface area contributed by atoms with Gasteiger partial charge in [-0.1, -0.05) is 0 Å². The highest BCUT2D eigenvalue weighted by molar-refractivity contribution is 5.79. The van der Waals surface area contributed by atoms with Crippen LogP contribution in [0.1, 0.15) is 17.4 Å². The summed E-state index contributed by atoms with van der Waals surface area (Å²) in [5.74, 6) is -1.62. The normalized spacial score (nSPS) is 14.7. The molecular formula is C9H11FN2O3. The summed E-state index contributed by atoms with van der Waals surface area (Å²) >= 11 is 0. The smallest absolute Gasteiger partial charge is 0.249 e. The lowest BCUT2D eigenvalue weighted by molar-refractivity contribution is -0.132. The van der Waals surface area contributed by atoms with Gasteiger partial charge in [0, 0.05) is 0 Å².